The molecule has 0 bridgehead atoms. The topological polar surface area (TPSA) is 90.0 Å². The van der Waals surface area contributed by atoms with Gasteiger partial charge in [-0.2, -0.15) is 4.31 Å². The Morgan fingerprint density at radius 1 is 1.00 bits per heavy atom. The normalized spacial score (nSPS) is 22.5. The molecule has 0 aromatic heterocycles. The van der Waals surface area contributed by atoms with E-state index < -0.39 is 16.1 Å². The molecule has 3 aliphatic rings. The molecule has 4 rings (SSSR count). The fourth-order valence-corrected chi connectivity index (χ4v) is 6.65. The molecule has 2 saturated heterocycles. The zero-order chi connectivity index (χ0) is 22.7. The summed E-state index contributed by atoms with van der Waals surface area (Å²) >= 11 is 0. The minimum Gasteiger partial charge on any atom is -0.353 e. The van der Waals surface area contributed by atoms with Crippen molar-refractivity contribution < 1.29 is 18.0 Å². The summed E-state index contributed by atoms with van der Waals surface area (Å²) in [4.78, 5) is 29.5. The average Bonchev–Trinajstić information content (AvgIpc) is 3.37. The number of fused-ring (bicyclic) bond motifs is 1. The zero-order valence-electron chi connectivity index (χ0n) is 18.9. The number of carbonyl (C=O) groups is 2. The van der Waals surface area contributed by atoms with Gasteiger partial charge in [-0.15, -0.1) is 0 Å². The van der Waals surface area contributed by atoms with Crippen LogP contribution in [0.3, 0.4) is 0 Å². The van der Waals surface area contributed by atoms with Crippen LogP contribution in [0.1, 0.15) is 51.0 Å². The Balaban J connectivity index is 1.44. The highest BCUT2D eigenvalue weighted by Gasteiger charge is 2.38. The molecule has 0 saturated carbocycles. The van der Waals surface area contributed by atoms with Crippen LogP contribution in [0.15, 0.2) is 23.1 Å². The van der Waals surface area contributed by atoms with Gasteiger partial charge in [0.15, 0.2) is 0 Å². The molecule has 1 atom stereocenters. The van der Waals surface area contributed by atoms with Gasteiger partial charge in [-0.25, -0.2) is 8.42 Å². The maximum absolute atomic E-state index is 13.0. The van der Waals surface area contributed by atoms with E-state index in [4.69, 9.17) is 0 Å². The van der Waals surface area contributed by atoms with Crippen molar-refractivity contribution in [2.24, 2.45) is 0 Å². The lowest BCUT2D eigenvalue weighted by atomic mass is 10.1. The fraction of sp³-hybridized carbons (Fsp3) is 0.652. The van der Waals surface area contributed by atoms with Gasteiger partial charge < -0.3 is 10.2 Å². The Hall–Kier alpha value is -1.97. The van der Waals surface area contributed by atoms with Gasteiger partial charge in [-0.3, -0.25) is 14.5 Å². The van der Waals surface area contributed by atoms with Crippen molar-refractivity contribution in [2.45, 2.75) is 62.8 Å². The second-order valence-electron chi connectivity index (χ2n) is 9.06. The predicted octanol–water partition coefficient (Wildman–Crippen LogP) is 1.74. The Labute approximate surface area is 191 Å². The number of likely N-dealkylation sites (tertiary alicyclic amines) is 1. The van der Waals surface area contributed by atoms with Crippen molar-refractivity contribution in [1.82, 2.24) is 14.5 Å². The van der Waals surface area contributed by atoms with Crippen LogP contribution >= 0.6 is 0 Å². The van der Waals surface area contributed by atoms with Crippen molar-refractivity contribution in [3.8, 4) is 0 Å². The first kappa shape index (κ1) is 23.2. The number of hydrogen-bond donors (Lipinski definition) is 1. The first-order chi connectivity index (χ1) is 15.4. The van der Waals surface area contributed by atoms with Gasteiger partial charge in [0.25, 0.3) is 0 Å². The van der Waals surface area contributed by atoms with Crippen LogP contribution in [0.5, 0.6) is 0 Å². The van der Waals surface area contributed by atoms with Gasteiger partial charge in [-0.1, -0.05) is 12.8 Å². The molecule has 1 unspecified atom stereocenters. The van der Waals surface area contributed by atoms with E-state index in [1.165, 1.54) is 41.8 Å². The monoisotopic (exact) mass is 462 g/mol. The number of anilines is 1. The highest BCUT2D eigenvalue weighted by Crippen LogP contribution is 2.35. The van der Waals surface area contributed by atoms with Crippen molar-refractivity contribution in [1.29, 1.82) is 0 Å². The molecule has 8 nitrogen and oxygen atoms in total. The highest BCUT2D eigenvalue weighted by molar-refractivity contribution is 7.89. The van der Waals surface area contributed by atoms with Gasteiger partial charge in [0.2, 0.25) is 21.8 Å². The Bertz CT molecular complexity index is 951. The SMILES string of the molecule is CC(=O)N1c2ccc(S(=O)(=O)N3CCCC3)cc2CC1C(=O)NCCN1CCCCCC1. The number of benzene rings is 1. The van der Waals surface area contributed by atoms with Crippen molar-refractivity contribution in [3.63, 3.8) is 0 Å². The molecule has 2 fully saturated rings. The first-order valence-electron chi connectivity index (χ1n) is 11.8. The molecular weight excluding hydrogens is 428 g/mol. The van der Waals surface area contributed by atoms with Gasteiger partial charge in [0.1, 0.15) is 6.04 Å². The molecule has 1 aromatic carbocycles. The second kappa shape index (κ2) is 9.89. The number of nitrogens with zero attached hydrogens (tertiary/aromatic N) is 3. The molecule has 3 aliphatic heterocycles. The van der Waals surface area contributed by atoms with E-state index in [1.54, 1.807) is 18.2 Å². The molecule has 176 valence electrons. The predicted molar refractivity (Wildman–Crippen MR) is 123 cm³/mol. The van der Waals surface area contributed by atoms with Crippen LogP contribution in [0, 0.1) is 0 Å². The summed E-state index contributed by atoms with van der Waals surface area (Å²) in [6.07, 6.45) is 7.02. The van der Waals surface area contributed by atoms with Crippen LogP contribution < -0.4 is 10.2 Å². The van der Waals surface area contributed by atoms with Gasteiger partial charge in [0.05, 0.1) is 4.90 Å². The van der Waals surface area contributed by atoms with E-state index in [0.717, 1.165) is 38.0 Å². The highest BCUT2D eigenvalue weighted by atomic mass is 32.2. The minimum absolute atomic E-state index is 0.185. The lowest BCUT2D eigenvalue weighted by Crippen LogP contribution is -2.48. The van der Waals surface area contributed by atoms with E-state index in [1.807, 2.05) is 0 Å². The van der Waals surface area contributed by atoms with E-state index in [0.29, 0.717) is 31.7 Å². The van der Waals surface area contributed by atoms with Gasteiger partial charge in [0, 0.05) is 45.2 Å². The summed E-state index contributed by atoms with van der Waals surface area (Å²) < 4.78 is 27.4. The van der Waals surface area contributed by atoms with Crippen molar-refractivity contribution in [3.05, 3.63) is 23.8 Å². The summed E-state index contributed by atoms with van der Waals surface area (Å²) in [5.74, 6) is -0.401. The summed E-state index contributed by atoms with van der Waals surface area (Å²) in [6, 6.07) is 4.23. The number of rotatable bonds is 6. The summed E-state index contributed by atoms with van der Waals surface area (Å²) in [7, 11) is -3.54. The molecule has 3 heterocycles. The lowest BCUT2D eigenvalue weighted by Gasteiger charge is -2.25. The molecule has 9 heteroatoms. The Kier molecular flexibility index (Phi) is 7.17. The van der Waals surface area contributed by atoms with E-state index in [-0.39, 0.29) is 16.7 Å². The smallest absolute Gasteiger partial charge is 0.243 e. The second-order valence-corrected chi connectivity index (χ2v) is 11.0. The van der Waals surface area contributed by atoms with Crippen molar-refractivity contribution in [2.75, 3.05) is 44.2 Å². The molecule has 1 aromatic rings. The molecule has 0 aliphatic carbocycles. The molecule has 1 N–H and O–H groups in total. The van der Waals surface area contributed by atoms with E-state index in [9.17, 15) is 18.0 Å². The Morgan fingerprint density at radius 3 is 2.31 bits per heavy atom. The third-order valence-electron chi connectivity index (χ3n) is 6.81. The largest absolute Gasteiger partial charge is 0.353 e. The number of hydrogen-bond acceptors (Lipinski definition) is 5. The van der Waals surface area contributed by atoms with Crippen LogP contribution in [0.4, 0.5) is 5.69 Å². The first-order valence-corrected chi connectivity index (χ1v) is 13.2. The van der Waals surface area contributed by atoms with Crippen LogP contribution in [0.25, 0.3) is 0 Å². The summed E-state index contributed by atoms with van der Waals surface area (Å²) in [6.45, 7) is 6.02. The lowest BCUT2D eigenvalue weighted by molar-refractivity contribution is -0.125. The average molecular weight is 463 g/mol. The summed E-state index contributed by atoms with van der Waals surface area (Å²) in [5.41, 5.74) is 1.36. The van der Waals surface area contributed by atoms with Crippen LogP contribution in [-0.2, 0) is 26.0 Å². The summed E-state index contributed by atoms with van der Waals surface area (Å²) in [5, 5.41) is 3.00. The van der Waals surface area contributed by atoms with E-state index >= 15 is 0 Å². The maximum atomic E-state index is 13.0. The molecular formula is C23H34N4O4S. The maximum Gasteiger partial charge on any atom is 0.243 e. The van der Waals surface area contributed by atoms with Crippen LogP contribution in [-0.4, -0.2) is 74.7 Å². The quantitative estimate of drug-likeness (QED) is 0.696. The standard InChI is InChI=1S/C23H34N4O4S/c1-18(28)27-21-9-8-20(32(30,31)26-13-6-7-14-26)16-19(21)17-22(27)23(29)24-10-15-25-11-4-2-3-5-12-25/h8-9,16,22H,2-7,10-15,17H2,1H3,(H,24,29). The number of sulfonamides is 1. The number of carbonyl (C=O) groups excluding carboxylic acids is 2. The number of amides is 2. The zero-order valence-corrected chi connectivity index (χ0v) is 19.7. The minimum atomic E-state index is -3.54. The molecule has 2 amide bonds. The Morgan fingerprint density at radius 2 is 1.66 bits per heavy atom. The third kappa shape index (κ3) is 4.84. The molecule has 32 heavy (non-hydrogen) atoms. The third-order valence-corrected chi connectivity index (χ3v) is 8.70. The van der Waals surface area contributed by atoms with E-state index in [2.05, 4.69) is 10.2 Å². The fourth-order valence-electron chi connectivity index (χ4n) is 5.08. The van der Waals surface area contributed by atoms with Gasteiger partial charge >= 0.3 is 0 Å². The van der Waals surface area contributed by atoms with Gasteiger partial charge in [-0.05, 0) is 62.5 Å². The molecule has 0 spiro atoms. The van der Waals surface area contributed by atoms with Crippen molar-refractivity contribution >= 4 is 27.5 Å². The number of nitrogens with one attached hydrogen (secondary N) is 1. The van der Waals surface area contributed by atoms with Crippen LogP contribution in [0.2, 0.25) is 0 Å². The molecule has 0 radical (unpaired) electrons.